The summed E-state index contributed by atoms with van der Waals surface area (Å²) in [7, 11) is 0. The lowest BCUT2D eigenvalue weighted by atomic mass is 10.2. The minimum Gasteiger partial charge on any atom is -0.489 e. The fourth-order valence-corrected chi connectivity index (χ4v) is 3.32. The monoisotopic (exact) mass is 388 g/mol. The van der Waals surface area contributed by atoms with E-state index in [1.807, 2.05) is 66.4 Å². The van der Waals surface area contributed by atoms with Crippen molar-refractivity contribution in [2.24, 2.45) is 0 Å². The van der Waals surface area contributed by atoms with Crippen LogP contribution in [0.2, 0.25) is 0 Å². The first-order chi connectivity index (χ1) is 14.2. The number of amides is 1. The van der Waals surface area contributed by atoms with Crippen molar-refractivity contribution in [1.29, 1.82) is 0 Å². The van der Waals surface area contributed by atoms with Gasteiger partial charge in [0, 0.05) is 24.5 Å². The maximum Gasteiger partial charge on any atom is 0.272 e. The van der Waals surface area contributed by atoms with E-state index in [1.165, 1.54) is 0 Å². The van der Waals surface area contributed by atoms with Crippen molar-refractivity contribution in [3.05, 3.63) is 77.6 Å². The number of hydrogen-bond acceptors (Lipinski definition) is 5. The molecule has 148 valence electrons. The Kier molecular flexibility index (Phi) is 5.70. The first-order valence-corrected chi connectivity index (χ1v) is 9.86. The van der Waals surface area contributed by atoms with E-state index < -0.39 is 0 Å². The van der Waals surface area contributed by atoms with E-state index >= 15 is 0 Å². The summed E-state index contributed by atoms with van der Waals surface area (Å²) in [5, 5.41) is 3.18. The summed E-state index contributed by atoms with van der Waals surface area (Å²) in [6, 6.07) is 19.4. The van der Waals surface area contributed by atoms with Crippen LogP contribution in [0.4, 0.5) is 11.6 Å². The number of aryl methyl sites for hydroxylation is 1. The van der Waals surface area contributed by atoms with Crippen LogP contribution >= 0.6 is 0 Å². The van der Waals surface area contributed by atoms with Gasteiger partial charge < -0.3 is 15.0 Å². The van der Waals surface area contributed by atoms with E-state index in [0.717, 1.165) is 48.6 Å². The number of hydrogen-bond donors (Lipinski definition) is 1. The molecule has 29 heavy (non-hydrogen) atoms. The highest BCUT2D eigenvalue weighted by molar-refractivity contribution is 5.92. The molecular weight excluding hydrogens is 364 g/mol. The molecular formula is C23H24N4O2. The third kappa shape index (κ3) is 4.90. The van der Waals surface area contributed by atoms with Crippen LogP contribution < -0.4 is 10.1 Å². The molecule has 2 heterocycles. The van der Waals surface area contributed by atoms with Crippen molar-refractivity contribution in [2.75, 3.05) is 18.4 Å². The number of carbonyl (C=O) groups excluding carboxylic acids is 1. The van der Waals surface area contributed by atoms with Crippen LogP contribution in [-0.2, 0) is 6.61 Å². The molecule has 4 rings (SSSR count). The number of rotatable bonds is 6. The van der Waals surface area contributed by atoms with Gasteiger partial charge in [-0.05, 0) is 55.7 Å². The van der Waals surface area contributed by atoms with Gasteiger partial charge in [0.15, 0.2) is 0 Å². The normalized spacial score (nSPS) is 13.3. The van der Waals surface area contributed by atoms with Crippen LogP contribution in [-0.4, -0.2) is 33.9 Å². The van der Waals surface area contributed by atoms with Gasteiger partial charge >= 0.3 is 0 Å². The number of benzene rings is 2. The molecule has 1 amide bonds. The smallest absolute Gasteiger partial charge is 0.272 e. The molecule has 0 bridgehead atoms. The average molecular weight is 388 g/mol. The van der Waals surface area contributed by atoms with E-state index in [0.29, 0.717) is 18.2 Å². The van der Waals surface area contributed by atoms with Crippen LogP contribution in [0.1, 0.15) is 34.6 Å². The van der Waals surface area contributed by atoms with Gasteiger partial charge in [0.2, 0.25) is 5.95 Å². The van der Waals surface area contributed by atoms with Crippen molar-refractivity contribution in [1.82, 2.24) is 14.9 Å². The molecule has 0 unspecified atom stereocenters. The van der Waals surface area contributed by atoms with E-state index in [9.17, 15) is 4.79 Å². The molecule has 0 spiro atoms. The predicted octanol–water partition coefficient (Wildman–Crippen LogP) is 4.34. The van der Waals surface area contributed by atoms with E-state index in [2.05, 4.69) is 15.3 Å². The largest absolute Gasteiger partial charge is 0.489 e. The Labute approximate surface area is 170 Å². The van der Waals surface area contributed by atoms with Gasteiger partial charge in [-0.15, -0.1) is 0 Å². The van der Waals surface area contributed by atoms with Crippen molar-refractivity contribution < 1.29 is 9.53 Å². The summed E-state index contributed by atoms with van der Waals surface area (Å²) < 4.78 is 5.81. The molecule has 6 heteroatoms. The standard InChI is InChI=1S/C23H24N4O2/c1-17-15-21(22(28)27-13-5-6-14-27)26-23(24-17)25-19-9-11-20(12-10-19)29-16-18-7-3-2-4-8-18/h2-4,7-12,15H,5-6,13-14,16H2,1H3,(H,24,25,26). The Balaban J connectivity index is 1.41. The third-order valence-corrected chi connectivity index (χ3v) is 4.83. The van der Waals surface area contributed by atoms with Gasteiger partial charge in [-0.1, -0.05) is 30.3 Å². The minimum absolute atomic E-state index is 0.0271. The van der Waals surface area contributed by atoms with Gasteiger partial charge in [-0.25, -0.2) is 9.97 Å². The van der Waals surface area contributed by atoms with Gasteiger partial charge in [0.1, 0.15) is 18.1 Å². The zero-order valence-electron chi connectivity index (χ0n) is 16.5. The number of nitrogens with one attached hydrogen (secondary N) is 1. The molecule has 1 fully saturated rings. The Morgan fingerprint density at radius 1 is 1.03 bits per heavy atom. The van der Waals surface area contributed by atoms with Crippen LogP contribution in [0.5, 0.6) is 5.75 Å². The van der Waals surface area contributed by atoms with Gasteiger partial charge in [-0.2, -0.15) is 0 Å². The molecule has 0 atom stereocenters. The second kappa shape index (κ2) is 8.73. The third-order valence-electron chi connectivity index (χ3n) is 4.83. The zero-order valence-corrected chi connectivity index (χ0v) is 16.5. The summed E-state index contributed by atoms with van der Waals surface area (Å²) in [5.74, 6) is 1.18. The first-order valence-electron chi connectivity index (χ1n) is 9.86. The lowest BCUT2D eigenvalue weighted by Gasteiger charge is -2.15. The fourth-order valence-electron chi connectivity index (χ4n) is 3.32. The number of aromatic nitrogens is 2. The summed E-state index contributed by atoms with van der Waals surface area (Å²) in [4.78, 5) is 23.3. The number of anilines is 2. The highest BCUT2D eigenvalue weighted by Gasteiger charge is 2.21. The fraction of sp³-hybridized carbons (Fsp3) is 0.261. The summed E-state index contributed by atoms with van der Waals surface area (Å²) in [5.41, 5.74) is 3.15. The van der Waals surface area contributed by atoms with E-state index in [-0.39, 0.29) is 5.91 Å². The molecule has 0 aliphatic carbocycles. The second-order valence-electron chi connectivity index (χ2n) is 7.14. The van der Waals surface area contributed by atoms with Crippen molar-refractivity contribution in [3.63, 3.8) is 0 Å². The summed E-state index contributed by atoms with van der Waals surface area (Å²) in [6.07, 6.45) is 2.11. The topological polar surface area (TPSA) is 67.4 Å². The second-order valence-corrected chi connectivity index (χ2v) is 7.14. The molecule has 0 saturated carbocycles. The molecule has 6 nitrogen and oxygen atoms in total. The quantitative estimate of drug-likeness (QED) is 0.680. The van der Waals surface area contributed by atoms with Gasteiger partial charge in [0.25, 0.3) is 5.91 Å². The number of nitrogens with zero attached hydrogens (tertiary/aromatic N) is 3. The van der Waals surface area contributed by atoms with Crippen LogP contribution in [0.3, 0.4) is 0 Å². The molecule has 1 saturated heterocycles. The van der Waals surface area contributed by atoms with Gasteiger partial charge in [-0.3, -0.25) is 4.79 Å². The molecule has 1 aromatic heterocycles. The van der Waals surface area contributed by atoms with Crippen LogP contribution in [0.15, 0.2) is 60.7 Å². The van der Waals surface area contributed by atoms with Crippen LogP contribution in [0.25, 0.3) is 0 Å². The summed E-state index contributed by atoms with van der Waals surface area (Å²) >= 11 is 0. The SMILES string of the molecule is Cc1cc(C(=O)N2CCCC2)nc(Nc2ccc(OCc3ccccc3)cc2)n1. The lowest BCUT2D eigenvalue weighted by Crippen LogP contribution is -2.28. The van der Waals surface area contributed by atoms with Gasteiger partial charge in [0.05, 0.1) is 0 Å². The molecule has 3 aromatic rings. The first kappa shape index (κ1) is 18.9. The minimum atomic E-state index is -0.0271. The Bertz CT molecular complexity index is 968. The predicted molar refractivity (Wildman–Crippen MR) is 112 cm³/mol. The Morgan fingerprint density at radius 2 is 1.76 bits per heavy atom. The highest BCUT2D eigenvalue weighted by Crippen LogP contribution is 2.20. The number of likely N-dealkylation sites (tertiary alicyclic amines) is 1. The van der Waals surface area contributed by atoms with Crippen molar-refractivity contribution in [3.8, 4) is 5.75 Å². The average Bonchev–Trinajstić information content (AvgIpc) is 3.28. The maximum absolute atomic E-state index is 12.6. The Hall–Kier alpha value is -3.41. The highest BCUT2D eigenvalue weighted by atomic mass is 16.5. The number of carbonyl (C=O) groups is 1. The maximum atomic E-state index is 12.6. The zero-order chi connectivity index (χ0) is 20.1. The van der Waals surface area contributed by atoms with Crippen LogP contribution in [0, 0.1) is 6.92 Å². The van der Waals surface area contributed by atoms with E-state index in [4.69, 9.17) is 4.74 Å². The summed E-state index contributed by atoms with van der Waals surface area (Å²) in [6.45, 7) is 3.99. The Morgan fingerprint density at radius 3 is 2.48 bits per heavy atom. The van der Waals surface area contributed by atoms with Crippen molar-refractivity contribution >= 4 is 17.5 Å². The lowest BCUT2D eigenvalue weighted by molar-refractivity contribution is 0.0787. The molecule has 1 aliphatic rings. The van der Waals surface area contributed by atoms with E-state index in [1.54, 1.807) is 6.07 Å². The molecule has 1 N–H and O–H groups in total. The van der Waals surface area contributed by atoms with Crippen molar-refractivity contribution in [2.45, 2.75) is 26.4 Å². The molecule has 1 aliphatic heterocycles. The molecule has 2 aromatic carbocycles. The molecule has 0 radical (unpaired) electrons. The number of ether oxygens (including phenoxy) is 1.